The molecule has 7 heteroatoms. The summed E-state index contributed by atoms with van der Waals surface area (Å²) >= 11 is 1.56. The first-order valence-electron chi connectivity index (χ1n) is 7.71. The van der Waals surface area contributed by atoms with Crippen molar-refractivity contribution in [1.82, 2.24) is 20.2 Å². The van der Waals surface area contributed by atoms with E-state index in [1.807, 2.05) is 31.4 Å². The smallest absolute Gasteiger partial charge is 0.317 e. The van der Waals surface area contributed by atoms with Crippen LogP contribution in [0.3, 0.4) is 0 Å². The molecule has 2 rings (SSSR count). The van der Waals surface area contributed by atoms with Gasteiger partial charge in [-0.15, -0.1) is 11.3 Å². The molecule has 2 amide bonds. The Morgan fingerprint density at radius 2 is 2.22 bits per heavy atom. The lowest BCUT2D eigenvalue weighted by molar-refractivity contribution is 0.203. The number of carbonyl (C=O) groups excluding carboxylic acids is 1. The van der Waals surface area contributed by atoms with E-state index < -0.39 is 0 Å². The van der Waals surface area contributed by atoms with Crippen LogP contribution in [0.25, 0.3) is 0 Å². The minimum Gasteiger partial charge on any atom is -0.485 e. The molecule has 0 bridgehead atoms. The van der Waals surface area contributed by atoms with Crippen LogP contribution in [0.2, 0.25) is 0 Å². The molecule has 0 atom stereocenters. The van der Waals surface area contributed by atoms with Crippen LogP contribution >= 0.6 is 11.3 Å². The van der Waals surface area contributed by atoms with Gasteiger partial charge in [0.25, 0.3) is 0 Å². The van der Waals surface area contributed by atoms with Crippen molar-refractivity contribution in [3.63, 3.8) is 0 Å². The van der Waals surface area contributed by atoms with E-state index in [9.17, 15) is 4.79 Å². The SMILES string of the molecule is CCN(CC)C(=O)NCCc1csc(COc2cccnc2)n1. The van der Waals surface area contributed by atoms with E-state index in [0.717, 1.165) is 36.0 Å². The van der Waals surface area contributed by atoms with Gasteiger partial charge in [0, 0.05) is 37.6 Å². The Balaban J connectivity index is 1.73. The first-order valence-corrected chi connectivity index (χ1v) is 8.59. The lowest BCUT2D eigenvalue weighted by atomic mass is 10.3. The normalized spacial score (nSPS) is 10.3. The van der Waals surface area contributed by atoms with Gasteiger partial charge >= 0.3 is 6.03 Å². The molecule has 0 spiro atoms. The van der Waals surface area contributed by atoms with E-state index in [0.29, 0.717) is 13.2 Å². The second kappa shape index (κ2) is 9.09. The Morgan fingerprint density at radius 1 is 1.39 bits per heavy atom. The Morgan fingerprint density at radius 3 is 2.91 bits per heavy atom. The summed E-state index contributed by atoms with van der Waals surface area (Å²) in [5, 5.41) is 5.83. The lowest BCUT2D eigenvalue weighted by Gasteiger charge is -2.18. The minimum atomic E-state index is -0.0228. The molecular formula is C16H22N4O2S. The molecule has 2 heterocycles. The molecule has 0 saturated carbocycles. The highest BCUT2D eigenvalue weighted by Crippen LogP contribution is 2.14. The van der Waals surface area contributed by atoms with Gasteiger partial charge in [0.2, 0.25) is 0 Å². The van der Waals surface area contributed by atoms with Crippen molar-refractivity contribution in [2.24, 2.45) is 0 Å². The van der Waals surface area contributed by atoms with E-state index >= 15 is 0 Å². The first kappa shape index (κ1) is 17.2. The molecule has 6 nitrogen and oxygen atoms in total. The molecule has 0 aliphatic carbocycles. The van der Waals surface area contributed by atoms with Gasteiger partial charge in [-0.25, -0.2) is 9.78 Å². The third-order valence-corrected chi connectivity index (χ3v) is 4.18. The van der Waals surface area contributed by atoms with Crippen molar-refractivity contribution in [3.05, 3.63) is 40.6 Å². The van der Waals surface area contributed by atoms with E-state index in [-0.39, 0.29) is 6.03 Å². The number of carbonyl (C=O) groups is 1. The van der Waals surface area contributed by atoms with Gasteiger partial charge in [-0.3, -0.25) is 4.98 Å². The number of ether oxygens (including phenoxy) is 1. The number of urea groups is 1. The summed E-state index contributed by atoms with van der Waals surface area (Å²) in [5.74, 6) is 0.732. The average molecular weight is 334 g/mol. The van der Waals surface area contributed by atoms with Crippen LogP contribution < -0.4 is 10.1 Å². The maximum absolute atomic E-state index is 11.8. The number of thiazole rings is 1. The Bertz CT molecular complexity index is 599. The molecule has 0 aromatic carbocycles. The fourth-order valence-electron chi connectivity index (χ4n) is 2.03. The first-order chi connectivity index (χ1) is 11.2. The molecule has 0 aliphatic rings. The number of nitrogens with zero attached hydrogens (tertiary/aromatic N) is 3. The molecular weight excluding hydrogens is 312 g/mol. The van der Waals surface area contributed by atoms with Crippen LogP contribution in [0, 0.1) is 0 Å². The number of pyridine rings is 1. The summed E-state index contributed by atoms with van der Waals surface area (Å²) in [5.41, 5.74) is 0.972. The highest BCUT2D eigenvalue weighted by molar-refractivity contribution is 7.09. The van der Waals surface area contributed by atoms with E-state index in [4.69, 9.17) is 4.74 Å². The zero-order chi connectivity index (χ0) is 16.5. The molecule has 2 aromatic heterocycles. The number of hydrogen-bond acceptors (Lipinski definition) is 5. The van der Waals surface area contributed by atoms with Crippen molar-refractivity contribution in [2.75, 3.05) is 19.6 Å². The monoisotopic (exact) mass is 334 g/mol. The molecule has 124 valence electrons. The summed E-state index contributed by atoms with van der Waals surface area (Å²) in [6, 6.07) is 3.68. The Labute approximate surface area is 140 Å². The van der Waals surface area contributed by atoms with Crippen LogP contribution in [-0.2, 0) is 13.0 Å². The molecule has 23 heavy (non-hydrogen) atoms. The van der Waals surface area contributed by atoms with Gasteiger partial charge in [-0.1, -0.05) is 0 Å². The van der Waals surface area contributed by atoms with Crippen molar-refractivity contribution >= 4 is 17.4 Å². The van der Waals surface area contributed by atoms with Crippen molar-refractivity contribution < 1.29 is 9.53 Å². The zero-order valence-electron chi connectivity index (χ0n) is 13.5. The second-order valence-corrected chi connectivity index (χ2v) is 5.81. The molecule has 0 aliphatic heterocycles. The fraction of sp³-hybridized carbons (Fsp3) is 0.438. The van der Waals surface area contributed by atoms with Crippen molar-refractivity contribution in [1.29, 1.82) is 0 Å². The van der Waals surface area contributed by atoms with Gasteiger partial charge in [0.1, 0.15) is 17.4 Å². The van der Waals surface area contributed by atoms with Gasteiger partial charge in [0.05, 0.1) is 11.9 Å². The van der Waals surface area contributed by atoms with Crippen LogP contribution in [-0.4, -0.2) is 40.5 Å². The number of nitrogens with one attached hydrogen (secondary N) is 1. The molecule has 0 saturated heterocycles. The summed E-state index contributed by atoms with van der Waals surface area (Å²) in [4.78, 5) is 22.1. The third-order valence-electron chi connectivity index (χ3n) is 3.30. The molecule has 0 radical (unpaired) electrons. The van der Waals surface area contributed by atoms with Crippen LogP contribution in [0.15, 0.2) is 29.9 Å². The number of amides is 2. The van der Waals surface area contributed by atoms with E-state index in [1.165, 1.54) is 0 Å². The van der Waals surface area contributed by atoms with Gasteiger partial charge in [-0.05, 0) is 26.0 Å². The van der Waals surface area contributed by atoms with Crippen molar-refractivity contribution in [3.8, 4) is 5.75 Å². The Hall–Kier alpha value is -2.15. The van der Waals surface area contributed by atoms with Crippen LogP contribution in [0.4, 0.5) is 4.79 Å². The predicted octanol–water partition coefficient (Wildman–Crippen LogP) is 2.71. The third kappa shape index (κ3) is 5.52. The average Bonchev–Trinajstić information content (AvgIpc) is 3.03. The van der Waals surface area contributed by atoms with Crippen molar-refractivity contribution in [2.45, 2.75) is 26.9 Å². The highest BCUT2D eigenvalue weighted by Gasteiger charge is 2.09. The van der Waals surface area contributed by atoms with Crippen LogP contribution in [0.1, 0.15) is 24.5 Å². The molecule has 1 N–H and O–H groups in total. The standard InChI is InChI=1S/C16H22N4O2S/c1-3-20(4-2)16(21)18-9-7-13-12-23-15(19-13)11-22-14-6-5-8-17-10-14/h5-6,8,10,12H,3-4,7,9,11H2,1-2H3,(H,18,21). The topological polar surface area (TPSA) is 67.4 Å². The summed E-state index contributed by atoms with van der Waals surface area (Å²) < 4.78 is 5.62. The van der Waals surface area contributed by atoms with Gasteiger partial charge in [-0.2, -0.15) is 0 Å². The molecule has 0 unspecified atom stereocenters. The second-order valence-electron chi connectivity index (χ2n) is 4.86. The maximum Gasteiger partial charge on any atom is 0.317 e. The summed E-state index contributed by atoms with van der Waals surface area (Å²) in [6.07, 6.45) is 4.11. The Kier molecular flexibility index (Phi) is 6.80. The zero-order valence-corrected chi connectivity index (χ0v) is 14.3. The van der Waals surface area contributed by atoms with E-state index in [1.54, 1.807) is 28.6 Å². The summed E-state index contributed by atoms with van der Waals surface area (Å²) in [7, 11) is 0. The van der Waals surface area contributed by atoms with Gasteiger partial charge < -0.3 is 15.0 Å². The van der Waals surface area contributed by atoms with E-state index in [2.05, 4.69) is 15.3 Å². The lowest BCUT2D eigenvalue weighted by Crippen LogP contribution is -2.40. The predicted molar refractivity (Wildman–Crippen MR) is 90.7 cm³/mol. The number of rotatable bonds is 8. The fourth-order valence-corrected chi connectivity index (χ4v) is 2.77. The molecule has 2 aromatic rings. The van der Waals surface area contributed by atoms with Crippen LogP contribution in [0.5, 0.6) is 5.75 Å². The largest absolute Gasteiger partial charge is 0.485 e. The number of aromatic nitrogens is 2. The van der Waals surface area contributed by atoms with Gasteiger partial charge in [0.15, 0.2) is 0 Å². The molecule has 0 fully saturated rings. The maximum atomic E-state index is 11.8. The highest BCUT2D eigenvalue weighted by atomic mass is 32.1. The quantitative estimate of drug-likeness (QED) is 0.806. The number of hydrogen-bond donors (Lipinski definition) is 1. The summed E-state index contributed by atoms with van der Waals surface area (Å²) in [6.45, 7) is 6.39. The minimum absolute atomic E-state index is 0.0228.